The summed E-state index contributed by atoms with van der Waals surface area (Å²) < 4.78 is 0. The first-order valence-corrected chi connectivity index (χ1v) is 10.4. The van der Waals surface area contributed by atoms with Gasteiger partial charge >= 0.3 is 0 Å². The SMILES string of the molecule is Cc1c(P(c2ccccc2)c2ccccc2)cccc1C1(C)C=CC=C1.[Ni]. The summed E-state index contributed by atoms with van der Waals surface area (Å²) >= 11 is 0. The summed E-state index contributed by atoms with van der Waals surface area (Å²) in [5.41, 5.74) is 2.80. The van der Waals surface area contributed by atoms with Crippen molar-refractivity contribution in [2.45, 2.75) is 19.3 Å². The Balaban J connectivity index is 0.00000210. The summed E-state index contributed by atoms with van der Waals surface area (Å²) in [6.07, 6.45) is 8.91. The molecule has 0 N–H and O–H groups in total. The Kier molecular flexibility index (Phi) is 6.16. The van der Waals surface area contributed by atoms with Crippen LogP contribution in [-0.4, -0.2) is 0 Å². The third kappa shape index (κ3) is 3.86. The summed E-state index contributed by atoms with van der Waals surface area (Å²) in [6.45, 7) is 4.59. The molecule has 3 aromatic carbocycles. The second-order valence-corrected chi connectivity index (χ2v) is 9.14. The molecule has 27 heavy (non-hydrogen) atoms. The van der Waals surface area contributed by atoms with Gasteiger partial charge in [0.25, 0.3) is 0 Å². The minimum atomic E-state index is -0.568. The van der Waals surface area contributed by atoms with E-state index in [1.54, 1.807) is 0 Å². The standard InChI is InChI=1S/C25H23P.Ni/c1-20-23(25(2)18-9-10-19-25)16-11-17-24(20)26(21-12-5-3-6-13-21)22-14-7-4-8-15-22;/h3-19H,1-2H3;. The molecule has 2 heteroatoms. The van der Waals surface area contributed by atoms with Gasteiger partial charge in [0.1, 0.15) is 0 Å². The van der Waals surface area contributed by atoms with E-state index in [9.17, 15) is 0 Å². The third-order valence-corrected chi connectivity index (χ3v) is 7.75. The molecule has 0 bridgehead atoms. The van der Waals surface area contributed by atoms with Gasteiger partial charge in [-0.3, -0.25) is 0 Å². The number of hydrogen-bond acceptors (Lipinski definition) is 0. The Labute approximate surface area is 173 Å². The van der Waals surface area contributed by atoms with E-state index < -0.39 is 7.92 Å². The van der Waals surface area contributed by atoms with Crippen LogP contribution in [0.3, 0.4) is 0 Å². The van der Waals surface area contributed by atoms with Crippen LogP contribution in [0, 0.1) is 6.92 Å². The molecular formula is C25H23NiP. The summed E-state index contributed by atoms with van der Waals surface area (Å²) in [6, 6.07) is 28.7. The van der Waals surface area contributed by atoms with Crippen molar-refractivity contribution in [2.24, 2.45) is 0 Å². The molecule has 0 radical (unpaired) electrons. The van der Waals surface area contributed by atoms with Gasteiger partial charge < -0.3 is 0 Å². The fraction of sp³-hybridized carbons (Fsp3) is 0.120. The molecule has 0 heterocycles. The van der Waals surface area contributed by atoms with Crippen LogP contribution in [0.1, 0.15) is 18.1 Å². The quantitative estimate of drug-likeness (QED) is 0.411. The van der Waals surface area contributed by atoms with Gasteiger partial charge in [-0.1, -0.05) is 103 Å². The van der Waals surface area contributed by atoms with Crippen molar-refractivity contribution in [1.82, 2.24) is 0 Å². The Morgan fingerprint density at radius 1 is 0.667 bits per heavy atom. The molecule has 0 saturated carbocycles. The molecule has 0 aliphatic heterocycles. The van der Waals surface area contributed by atoms with E-state index in [1.165, 1.54) is 27.0 Å². The van der Waals surface area contributed by atoms with Gasteiger partial charge in [-0.25, -0.2) is 0 Å². The van der Waals surface area contributed by atoms with Crippen molar-refractivity contribution in [3.8, 4) is 0 Å². The van der Waals surface area contributed by atoms with Crippen LogP contribution in [0.4, 0.5) is 0 Å². The molecule has 0 nitrogen and oxygen atoms in total. The maximum Gasteiger partial charge on any atom is 0.0292 e. The molecule has 1 aliphatic rings. The molecule has 1 aliphatic carbocycles. The van der Waals surface area contributed by atoms with Crippen molar-refractivity contribution >= 4 is 23.8 Å². The van der Waals surface area contributed by atoms with Gasteiger partial charge in [-0.05, 0) is 48.8 Å². The number of allylic oxidation sites excluding steroid dienone is 4. The van der Waals surface area contributed by atoms with Crippen LogP contribution in [-0.2, 0) is 21.9 Å². The molecule has 0 unspecified atom stereocenters. The van der Waals surface area contributed by atoms with Gasteiger partial charge in [-0.15, -0.1) is 0 Å². The second kappa shape index (κ2) is 8.39. The van der Waals surface area contributed by atoms with Crippen molar-refractivity contribution < 1.29 is 16.5 Å². The van der Waals surface area contributed by atoms with Crippen LogP contribution in [0.2, 0.25) is 0 Å². The Bertz CT molecular complexity index is 907. The number of rotatable bonds is 4. The normalized spacial score (nSPS) is 14.3. The number of benzene rings is 3. The first-order chi connectivity index (χ1) is 12.7. The molecular weight excluding hydrogens is 390 g/mol. The molecule has 0 amide bonds. The number of hydrogen-bond donors (Lipinski definition) is 0. The van der Waals surface area contributed by atoms with E-state index in [1.807, 2.05) is 0 Å². The maximum absolute atomic E-state index is 2.32. The van der Waals surface area contributed by atoms with Crippen LogP contribution in [0.5, 0.6) is 0 Å². The van der Waals surface area contributed by atoms with Crippen LogP contribution >= 0.6 is 7.92 Å². The minimum absolute atomic E-state index is 0. The zero-order valence-corrected chi connectivity index (χ0v) is 17.5. The molecule has 0 aromatic heterocycles. The first kappa shape index (κ1) is 19.8. The van der Waals surface area contributed by atoms with E-state index in [0.29, 0.717) is 0 Å². The smallest absolute Gasteiger partial charge is 0.0292 e. The molecule has 4 rings (SSSR count). The fourth-order valence-electron chi connectivity index (χ4n) is 3.78. The summed E-state index contributed by atoms with van der Waals surface area (Å²) in [7, 11) is -0.568. The summed E-state index contributed by atoms with van der Waals surface area (Å²) in [5.74, 6) is 0. The van der Waals surface area contributed by atoms with Gasteiger partial charge in [0, 0.05) is 21.9 Å². The molecule has 0 fully saturated rings. The monoisotopic (exact) mass is 412 g/mol. The topological polar surface area (TPSA) is 0 Å². The van der Waals surface area contributed by atoms with Gasteiger partial charge in [0.05, 0.1) is 0 Å². The molecule has 3 aromatic rings. The molecule has 0 spiro atoms. The maximum atomic E-state index is 2.32. The Morgan fingerprint density at radius 3 is 1.70 bits per heavy atom. The zero-order chi connectivity index (χ0) is 18.0. The van der Waals surface area contributed by atoms with Crippen LogP contribution in [0.15, 0.2) is 103 Å². The van der Waals surface area contributed by atoms with Crippen molar-refractivity contribution in [3.63, 3.8) is 0 Å². The average molecular weight is 413 g/mol. The third-order valence-electron chi connectivity index (χ3n) is 5.15. The largest absolute Gasteiger partial charge is 0.0705 e. The zero-order valence-electron chi connectivity index (χ0n) is 15.6. The predicted molar refractivity (Wildman–Crippen MR) is 116 cm³/mol. The second-order valence-electron chi connectivity index (χ2n) is 6.96. The fourth-order valence-corrected chi connectivity index (χ4v) is 6.26. The molecule has 0 atom stereocenters. The predicted octanol–water partition coefficient (Wildman–Crippen LogP) is 5.13. The summed E-state index contributed by atoms with van der Waals surface area (Å²) in [5, 5.41) is 4.25. The molecule has 0 saturated heterocycles. The first-order valence-electron chi connectivity index (χ1n) is 9.06. The van der Waals surface area contributed by atoms with Crippen molar-refractivity contribution in [2.75, 3.05) is 0 Å². The van der Waals surface area contributed by atoms with Crippen LogP contribution < -0.4 is 15.9 Å². The summed E-state index contributed by atoms with van der Waals surface area (Å²) in [4.78, 5) is 0. The van der Waals surface area contributed by atoms with E-state index in [-0.39, 0.29) is 21.9 Å². The van der Waals surface area contributed by atoms with Gasteiger partial charge in [0.2, 0.25) is 0 Å². The Hall–Kier alpha value is -1.94. The van der Waals surface area contributed by atoms with E-state index in [0.717, 1.165) is 0 Å². The van der Waals surface area contributed by atoms with E-state index in [4.69, 9.17) is 0 Å². The molecule has 138 valence electrons. The van der Waals surface area contributed by atoms with Crippen molar-refractivity contribution in [3.05, 3.63) is 114 Å². The van der Waals surface area contributed by atoms with Crippen molar-refractivity contribution in [1.29, 1.82) is 0 Å². The van der Waals surface area contributed by atoms with Crippen LogP contribution in [0.25, 0.3) is 0 Å². The van der Waals surface area contributed by atoms with Gasteiger partial charge in [-0.2, -0.15) is 0 Å². The van der Waals surface area contributed by atoms with E-state index in [2.05, 4.69) is 117 Å². The Morgan fingerprint density at radius 2 is 1.19 bits per heavy atom. The van der Waals surface area contributed by atoms with E-state index >= 15 is 0 Å². The minimum Gasteiger partial charge on any atom is -0.0705 e. The average Bonchev–Trinajstić information content (AvgIpc) is 3.13. The van der Waals surface area contributed by atoms with Gasteiger partial charge in [0.15, 0.2) is 0 Å².